The molecule has 0 radical (unpaired) electrons. The lowest BCUT2D eigenvalue weighted by atomic mass is 9.81. The van der Waals surface area contributed by atoms with Crippen LogP contribution in [0.1, 0.15) is 27.7 Å². The molecule has 0 aliphatic rings. The van der Waals surface area contributed by atoms with E-state index in [1.807, 2.05) is 26.1 Å². The minimum atomic E-state index is -0.920. The molecular weight excluding hydrogens is 333 g/mol. The topological polar surface area (TPSA) is 42.4 Å². The molecule has 0 unspecified atom stereocenters. The van der Waals surface area contributed by atoms with E-state index in [9.17, 15) is 5.11 Å². The van der Waals surface area contributed by atoms with Crippen LogP contribution in [0.3, 0.4) is 0 Å². The summed E-state index contributed by atoms with van der Waals surface area (Å²) in [5.41, 5.74) is 0.543. The SMILES string of the molecule is CC(C)(O)C(C)(C)OBc1ccc2ccc3ccc4cccnc4c3c2c1. The van der Waals surface area contributed by atoms with Gasteiger partial charge in [0.05, 0.1) is 16.7 Å². The zero-order valence-electron chi connectivity index (χ0n) is 16.3. The molecule has 1 N–H and O–H groups in total. The van der Waals surface area contributed by atoms with Crippen LogP contribution in [0.25, 0.3) is 32.4 Å². The van der Waals surface area contributed by atoms with Crippen LogP contribution in [0.5, 0.6) is 0 Å². The fourth-order valence-corrected chi connectivity index (χ4v) is 3.26. The summed E-state index contributed by atoms with van der Waals surface area (Å²) in [6.07, 6.45) is 1.85. The Hall–Kier alpha value is -2.43. The van der Waals surface area contributed by atoms with Gasteiger partial charge in [-0.05, 0) is 49.9 Å². The number of aromatic nitrogens is 1. The third-order valence-electron chi connectivity index (χ3n) is 5.71. The van der Waals surface area contributed by atoms with Crippen molar-refractivity contribution in [1.82, 2.24) is 4.98 Å². The average molecular weight is 357 g/mol. The monoisotopic (exact) mass is 357 g/mol. The fourth-order valence-electron chi connectivity index (χ4n) is 3.26. The number of pyridine rings is 1. The first-order chi connectivity index (χ1) is 12.8. The molecule has 0 saturated heterocycles. The molecule has 1 heterocycles. The summed E-state index contributed by atoms with van der Waals surface area (Å²) in [5, 5.41) is 16.2. The summed E-state index contributed by atoms with van der Waals surface area (Å²) in [7, 11) is 0.446. The van der Waals surface area contributed by atoms with Crippen LogP contribution in [0.4, 0.5) is 0 Å². The molecule has 4 aromatic rings. The van der Waals surface area contributed by atoms with Gasteiger partial charge in [0.1, 0.15) is 0 Å². The van der Waals surface area contributed by atoms with E-state index >= 15 is 0 Å². The molecule has 0 atom stereocenters. The van der Waals surface area contributed by atoms with Crippen LogP contribution in [0.15, 0.2) is 60.8 Å². The second kappa shape index (κ2) is 6.33. The van der Waals surface area contributed by atoms with Crippen LogP contribution < -0.4 is 5.46 Å². The highest BCUT2D eigenvalue weighted by Crippen LogP contribution is 2.30. The number of rotatable bonds is 4. The Kier molecular flexibility index (Phi) is 4.21. The van der Waals surface area contributed by atoms with E-state index in [0.29, 0.717) is 7.48 Å². The smallest absolute Gasteiger partial charge is 0.309 e. The molecule has 0 fully saturated rings. The maximum absolute atomic E-state index is 10.3. The van der Waals surface area contributed by atoms with Gasteiger partial charge >= 0.3 is 7.48 Å². The van der Waals surface area contributed by atoms with E-state index in [-0.39, 0.29) is 0 Å². The third-order valence-corrected chi connectivity index (χ3v) is 5.71. The standard InChI is InChI=1S/C23H24BNO2/c1-22(2,26)23(3,4)27-24-18-12-11-15-7-8-16-9-10-17-6-5-13-25-21(17)20(16)19(15)14-18/h5-14,24,26H,1-4H3. The van der Waals surface area contributed by atoms with Crippen molar-refractivity contribution in [3.8, 4) is 0 Å². The van der Waals surface area contributed by atoms with Gasteiger partial charge in [-0.3, -0.25) is 4.98 Å². The predicted molar refractivity (Wildman–Crippen MR) is 115 cm³/mol. The van der Waals surface area contributed by atoms with Crippen molar-refractivity contribution in [2.75, 3.05) is 0 Å². The first-order valence-corrected chi connectivity index (χ1v) is 9.32. The lowest BCUT2D eigenvalue weighted by Gasteiger charge is -2.37. The Morgan fingerprint density at radius 1 is 0.889 bits per heavy atom. The van der Waals surface area contributed by atoms with Gasteiger partial charge in [-0.15, -0.1) is 0 Å². The number of hydrogen-bond acceptors (Lipinski definition) is 3. The first kappa shape index (κ1) is 18.0. The van der Waals surface area contributed by atoms with Gasteiger partial charge in [-0.25, -0.2) is 0 Å². The molecule has 0 aliphatic heterocycles. The zero-order chi connectivity index (χ0) is 19.2. The van der Waals surface area contributed by atoms with E-state index in [4.69, 9.17) is 4.65 Å². The maximum atomic E-state index is 10.3. The van der Waals surface area contributed by atoms with Crippen molar-refractivity contribution >= 4 is 45.4 Å². The molecule has 0 saturated carbocycles. The van der Waals surface area contributed by atoms with Crippen LogP contribution >= 0.6 is 0 Å². The Balaban J connectivity index is 1.83. The number of fused-ring (bicyclic) bond motifs is 5. The summed E-state index contributed by atoms with van der Waals surface area (Å²) in [6, 6.07) is 19.0. The maximum Gasteiger partial charge on any atom is 0.309 e. The Bertz CT molecular complexity index is 1140. The van der Waals surface area contributed by atoms with Gasteiger partial charge in [0.2, 0.25) is 0 Å². The first-order valence-electron chi connectivity index (χ1n) is 9.32. The molecule has 0 amide bonds. The predicted octanol–water partition coefficient (Wildman–Crippen LogP) is 4.08. The highest BCUT2D eigenvalue weighted by atomic mass is 16.5. The summed E-state index contributed by atoms with van der Waals surface area (Å²) in [4.78, 5) is 4.64. The molecule has 1 aromatic heterocycles. The Morgan fingerprint density at radius 3 is 2.30 bits per heavy atom. The molecule has 3 aromatic carbocycles. The highest BCUT2D eigenvalue weighted by molar-refractivity contribution is 6.47. The lowest BCUT2D eigenvalue weighted by Crippen LogP contribution is -2.49. The van der Waals surface area contributed by atoms with Crippen LogP contribution in [0, 0.1) is 0 Å². The molecule has 4 rings (SSSR count). The van der Waals surface area contributed by atoms with Crippen molar-refractivity contribution in [2.24, 2.45) is 0 Å². The fraction of sp³-hybridized carbons (Fsp3) is 0.261. The van der Waals surface area contributed by atoms with Gasteiger partial charge in [-0.2, -0.15) is 0 Å². The Labute approximate surface area is 160 Å². The minimum Gasteiger partial charge on any atom is -0.427 e. The molecule has 0 spiro atoms. The molecule has 0 aliphatic carbocycles. The summed E-state index contributed by atoms with van der Waals surface area (Å²) < 4.78 is 6.06. The third kappa shape index (κ3) is 3.20. The van der Waals surface area contributed by atoms with Crippen LogP contribution in [0.2, 0.25) is 0 Å². The molecule has 0 bridgehead atoms. The summed E-state index contributed by atoms with van der Waals surface area (Å²) >= 11 is 0. The molecule has 4 heteroatoms. The van der Waals surface area contributed by atoms with E-state index in [2.05, 4.69) is 53.5 Å². The quantitative estimate of drug-likeness (QED) is 0.442. The number of hydrogen-bond donors (Lipinski definition) is 1. The van der Waals surface area contributed by atoms with Crippen molar-refractivity contribution < 1.29 is 9.76 Å². The largest absolute Gasteiger partial charge is 0.427 e. The van der Waals surface area contributed by atoms with Crippen molar-refractivity contribution in [2.45, 2.75) is 38.9 Å². The van der Waals surface area contributed by atoms with Gasteiger partial charge in [0, 0.05) is 17.0 Å². The number of nitrogens with zero attached hydrogens (tertiary/aromatic N) is 1. The molecular formula is C23H24BNO2. The van der Waals surface area contributed by atoms with Gasteiger partial charge in [-0.1, -0.05) is 54.0 Å². The molecule has 3 nitrogen and oxygen atoms in total. The van der Waals surface area contributed by atoms with Crippen molar-refractivity contribution in [1.29, 1.82) is 0 Å². The molecule has 27 heavy (non-hydrogen) atoms. The van der Waals surface area contributed by atoms with Crippen LogP contribution in [-0.2, 0) is 4.65 Å². The van der Waals surface area contributed by atoms with Gasteiger partial charge < -0.3 is 9.76 Å². The summed E-state index contributed by atoms with van der Waals surface area (Å²) in [6.45, 7) is 7.39. The van der Waals surface area contributed by atoms with E-state index in [0.717, 1.165) is 16.4 Å². The second-order valence-corrected chi connectivity index (χ2v) is 8.22. The Morgan fingerprint density at radius 2 is 1.56 bits per heavy atom. The minimum absolute atomic E-state index is 0.446. The normalized spacial score (nSPS) is 12.8. The van der Waals surface area contributed by atoms with E-state index in [1.165, 1.54) is 21.5 Å². The second-order valence-electron chi connectivity index (χ2n) is 8.22. The van der Waals surface area contributed by atoms with Gasteiger partial charge in [0.15, 0.2) is 0 Å². The lowest BCUT2D eigenvalue weighted by molar-refractivity contribution is -0.0893. The number of benzene rings is 3. The van der Waals surface area contributed by atoms with E-state index < -0.39 is 11.2 Å². The van der Waals surface area contributed by atoms with Crippen molar-refractivity contribution in [3.63, 3.8) is 0 Å². The molecule has 136 valence electrons. The van der Waals surface area contributed by atoms with Gasteiger partial charge in [0.25, 0.3) is 0 Å². The van der Waals surface area contributed by atoms with Crippen molar-refractivity contribution in [3.05, 3.63) is 60.8 Å². The zero-order valence-corrected chi connectivity index (χ0v) is 16.3. The summed E-state index contributed by atoms with van der Waals surface area (Å²) in [5.74, 6) is 0. The van der Waals surface area contributed by atoms with Crippen LogP contribution in [-0.4, -0.2) is 28.8 Å². The number of aliphatic hydroxyl groups is 1. The average Bonchev–Trinajstić information content (AvgIpc) is 2.64. The highest BCUT2D eigenvalue weighted by Gasteiger charge is 2.35. The van der Waals surface area contributed by atoms with E-state index in [1.54, 1.807) is 13.8 Å².